The molecular formula is C26H25N3O7. The van der Waals surface area contributed by atoms with Gasteiger partial charge in [-0.15, -0.1) is 0 Å². The van der Waals surface area contributed by atoms with Crippen LogP contribution >= 0.6 is 0 Å². The summed E-state index contributed by atoms with van der Waals surface area (Å²) in [4.78, 5) is 47.0. The van der Waals surface area contributed by atoms with Gasteiger partial charge in [-0.3, -0.25) is 9.59 Å². The number of hydrogen-bond acceptors (Lipinski definition) is 9. The average molecular weight is 492 g/mol. The van der Waals surface area contributed by atoms with E-state index in [1.807, 2.05) is 26.8 Å². The zero-order valence-corrected chi connectivity index (χ0v) is 20.3. The molecule has 5 rings (SSSR count). The third-order valence-corrected chi connectivity index (χ3v) is 5.98. The Balaban J connectivity index is 1.62. The minimum absolute atomic E-state index is 0.179. The SMILES string of the molecule is CC(=O)Oc1ccc2nc3c(cc2c1C/C=N/OC(C)(C)C)Cn1c-3cc2c(c1=O)COC(=O)C2O. The Kier molecular flexibility index (Phi) is 5.63. The second-order valence-corrected chi connectivity index (χ2v) is 9.76. The number of aromatic nitrogens is 2. The minimum atomic E-state index is -1.51. The molecule has 2 aliphatic rings. The standard InChI is InChI=1S/C26H25N3O7/c1-13(30)35-21-6-5-19-16(15(21)7-8-27-36-26(2,3)4)9-14-11-29-20(22(14)28-19)10-17-18(24(29)32)12-34-25(33)23(17)31/h5-6,8-10,23,31H,7,11-12H2,1-4H3/b27-8+. The number of hydrogen-bond donors (Lipinski definition) is 1. The normalized spacial score (nSPS) is 16.5. The molecule has 36 heavy (non-hydrogen) atoms. The maximum Gasteiger partial charge on any atom is 0.340 e. The molecule has 0 radical (unpaired) electrons. The van der Waals surface area contributed by atoms with Crippen molar-refractivity contribution in [2.75, 3.05) is 0 Å². The number of oxime groups is 1. The molecule has 10 heteroatoms. The fourth-order valence-corrected chi connectivity index (χ4v) is 4.42. The van der Waals surface area contributed by atoms with Crippen molar-refractivity contribution < 1.29 is 29.0 Å². The summed E-state index contributed by atoms with van der Waals surface area (Å²) in [5.41, 5.74) is 2.96. The van der Waals surface area contributed by atoms with Crippen LogP contribution in [0.5, 0.6) is 5.75 Å². The lowest BCUT2D eigenvalue weighted by Crippen LogP contribution is -2.32. The van der Waals surface area contributed by atoms with Crippen LogP contribution in [0.15, 0.2) is 34.2 Å². The van der Waals surface area contributed by atoms with Crippen LogP contribution in [-0.2, 0) is 38.7 Å². The lowest BCUT2D eigenvalue weighted by Gasteiger charge is -2.21. The van der Waals surface area contributed by atoms with Crippen molar-refractivity contribution in [3.8, 4) is 17.1 Å². The highest BCUT2D eigenvalue weighted by Gasteiger charge is 2.34. The second-order valence-electron chi connectivity index (χ2n) is 9.76. The van der Waals surface area contributed by atoms with Crippen LogP contribution in [0.2, 0.25) is 0 Å². The molecule has 2 aliphatic heterocycles. The zero-order valence-electron chi connectivity index (χ0n) is 20.3. The van der Waals surface area contributed by atoms with Gasteiger partial charge in [0.1, 0.15) is 18.0 Å². The first-order chi connectivity index (χ1) is 17.0. The summed E-state index contributed by atoms with van der Waals surface area (Å²) >= 11 is 0. The van der Waals surface area contributed by atoms with Crippen LogP contribution < -0.4 is 10.3 Å². The molecule has 0 saturated heterocycles. The van der Waals surface area contributed by atoms with Crippen LogP contribution in [0.3, 0.4) is 0 Å². The molecule has 1 unspecified atom stereocenters. The number of ether oxygens (including phenoxy) is 2. The van der Waals surface area contributed by atoms with Crippen LogP contribution in [-0.4, -0.2) is 38.4 Å². The summed E-state index contributed by atoms with van der Waals surface area (Å²) in [6, 6.07) is 6.97. The lowest BCUT2D eigenvalue weighted by molar-refractivity contribution is -0.157. The van der Waals surface area contributed by atoms with E-state index in [2.05, 4.69) is 5.16 Å². The van der Waals surface area contributed by atoms with Gasteiger partial charge in [0.25, 0.3) is 5.56 Å². The minimum Gasteiger partial charge on any atom is -0.458 e. The van der Waals surface area contributed by atoms with E-state index in [9.17, 15) is 19.5 Å². The maximum atomic E-state index is 13.2. The van der Waals surface area contributed by atoms with E-state index in [1.54, 1.807) is 29.0 Å². The first-order valence-electron chi connectivity index (χ1n) is 11.5. The van der Waals surface area contributed by atoms with Gasteiger partial charge in [-0.2, -0.15) is 0 Å². The topological polar surface area (TPSA) is 129 Å². The monoisotopic (exact) mass is 491 g/mol. The largest absolute Gasteiger partial charge is 0.458 e. The predicted octanol–water partition coefficient (Wildman–Crippen LogP) is 2.78. The molecule has 1 atom stereocenters. The number of esters is 2. The highest BCUT2D eigenvalue weighted by Crippen LogP contribution is 2.37. The smallest absolute Gasteiger partial charge is 0.340 e. The van der Waals surface area contributed by atoms with Crippen molar-refractivity contribution in [1.29, 1.82) is 0 Å². The Morgan fingerprint density at radius 2 is 2.08 bits per heavy atom. The number of carbonyl (C=O) groups excluding carboxylic acids is 2. The molecule has 0 saturated carbocycles. The lowest BCUT2D eigenvalue weighted by atomic mass is 9.99. The van der Waals surface area contributed by atoms with E-state index in [1.165, 1.54) is 6.92 Å². The number of rotatable bonds is 4. The molecule has 4 heterocycles. The van der Waals surface area contributed by atoms with Crippen LogP contribution in [0.25, 0.3) is 22.3 Å². The number of fused-ring (bicyclic) bond motifs is 5. The molecule has 186 valence electrons. The second kappa shape index (κ2) is 8.56. The Hall–Kier alpha value is -4.05. The fourth-order valence-electron chi connectivity index (χ4n) is 4.42. The molecule has 1 N–H and O–H groups in total. The van der Waals surface area contributed by atoms with Crippen LogP contribution in [0.1, 0.15) is 56.1 Å². The average Bonchev–Trinajstić information content (AvgIpc) is 3.16. The number of cyclic esters (lactones) is 1. The molecule has 0 amide bonds. The Morgan fingerprint density at radius 3 is 2.81 bits per heavy atom. The molecular weight excluding hydrogens is 466 g/mol. The highest BCUT2D eigenvalue weighted by atomic mass is 16.6. The fraction of sp³-hybridized carbons (Fsp3) is 0.346. The van der Waals surface area contributed by atoms with E-state index >= 15 is 0 Å². The number of nitrogens with zero attached hydrogens (tertiary/aromatic N) is 3. The molecule has 3 aromatic rings. The van der Waals surface area contributed by atoms with E-state index in [0.29, 0.717) is 34.6 Å². The van der Waals surface area contributed by atoms with Crippen LogP contribution in [0, 0.1) is 0 Å². The van der Waals surface area contributed by atoms with E-state index in [4.69, 9.17) is 19.3 Å². The summed E-state index contributed by atoms with van der Waals surface area (Å²) in [6.45, 7) is 7.08. The number of aliphatic hydroxyl groups is 1. The van der Waals surface area contributed by atoms with Crippen molar-refractivity contribution >= 4 is 29.1 Å². The van der Waals surface area contributed by atoms with Gasteiger partial charge in [-0.25, -0.2) is 9.78 Å². The van der Waals surface area contributed by atoms with Crippen LogP contribution in [0.4, 0.5) is 0 Å². The maximum absolute atomic E-state index is 13.2. The molecule has 1 aromatic carbocycles. The molecule has 2 aromatic heterocycles. The number of aliphatic hydroxyl groups excluding tert-OH is 1. The third kappa shape index (κ3) is 4.13. The molecule has 10 nitrogen and oxygen atoms in total. The number of benzene rings is 1. The highest BCUT2D eigenvalue weighted by molar-refractivity contribution is 5.91. The van der Waals surface area contributed by atoms with Gasteiger partial charge >= 0.3 is 11.9 Å². The summed E-state index contributed by atoms with van der Waals surface area (Å²) < 4.78 is 11.9. The van der Waals surface area contributed by atoms with Crippen molar-refractivity contribution in [3.63, 3.8) is 0 Å². The van der Waals surface area contributed by atoms with Crippen molar-refractivity contribution in [2.24, 2.45) is 5.16 Å². The van der Waals surface area contributed by atoms with E-state index < -0.39 is 23.6 Å². The quantitative estimate of drug-likeness (QED) is 0.200. The van der Waals surface area contributed by atoms with Gasteiger partial charge in [0.05, 0.1) is 29.0 Å². The third-order valence-electron chi connectivity index (χ3n) is 5.98. The predicted molar refractivity (Wildman–Crippen MR) is 130 cm³/mol. The van der Waals surface area contributed by atoms with Gasteiger partial charge in [-0.1, -0.05) is 5.16 Å². The molecule has 0 fully saturated rings. The Bertz CT molecular complexity index is 1510. The van der Waals surface area contributed by atoms with Gasteiger partial charge in [0.15, 0.2) is 6.10 Å². The summed E-state index contributed by atoms with van der Waals surface area (Å²) in [6.07, 6.45) is 0.416. The Morgan fingerprint density at radius 1 is 1.31 bits per heavy atom. The van der Waals surface area contributed by atoms with Crippen molar-refractivity contribution in [3.05, 3.63) is 56.9 Å². The van der Waals surface area contributed by atoms with Gasteiger partial charge in [0, 0.05) is 41.6 Å². The van der Waals surface area contributed by atoms with Gasteiger partial charge in [-0.05, 0) is 45.0 Å². The molecule has 0 spiro atoms. The van der Waals surface area contributed by atoms with E-state index in [0.717, 1.165) is 10.9 Å². The first-order valence-corrected chi connectivity index (χ1v) is 11.5. The van der Waals surface area contributed by atoms with Crippen molar-refractivity contribution in [1.82, 2.24) is 9.55 Å². The molecule has 0 bridgehead atoms. The Labute approximate surface area is 206 Å². The molecule has 0 aliphatic carbocycles. The zero-order chi connectivity index (χ0) is 25.8. The van der Waals surface area contributed by atoms with Gasteiger partial charge in [0.2, 0.25) is 0 Å². The number of carbonyl (C=O) groups is 2. The summed E-state index contributed by atoms with van der Waals surface area (Å²) in [7, 11) is 0. The van der Waals surface area contributed by atoms with E-state index in [-0.39, 0.29) is 29.8 Å². The first kappa shape index (κ1) is 23.7. The number of pyridine rings is 2. The van der Waals surface area contributed by atoms with Crippen molar-refractivity contribution in [2.45, 2.75) is 59.0 Å². The summed E-state index contributed by atoms with van der Waals surface area (Å²) in [5, 5.41) is 15.1. The van der Waals surface area contributed by atoms with Gasteiger partial charge < -0.3 is 24.0 Å². The summed E-state index contributed by atoms with van der Waals surface area (Å²) in [5.74, 6) is -0.843.